The zero-order valence-electron chi connectivity index (χ0n) is 18.1. The lowest BCUT2D eigenvalue weighted by atomic mass is 10.1. The summed E-state index contributed by atoms with van der Waals surface area (Å²) in [6.45, 7) is 6.52. The lowest BCUT2D eigenvalue weighted by Crippen LogP contribution is -2.27. The minimum Gasteiger partial charge on any atom is -0.357 e. The van der Waals surface area contributed by atoms with E-state index < -0.39 is 10.0 Å². The molecule has 2 heterocycles. The van der Waals surface area contributed by atoms with Crippen LogP contribution < -0.4 is 10.0 Å². The summed E-state index contributed by atoms with van der Waals surface area (Å²) in [5.41, 5.74) is 2.88. The lowest BCUT2D eigenvalue weighted by molar-refractivity contribution is 0.0951. The van der Waals surface area contributed by atoms with Crippen molar-refractivity contribution >= 4 is 33.0 Å². The molecule has 172 valence electrons. The Morgan fingerprint density at radius 3 is 2.59 bits per heavy atom. The number of carbonyl (C=O) groups excluding carboxylic acids is 1. The number of carbonyl (C=O) groups is 1. The van der Waals surface area contributed by atoms with Gasteiger partial charge in [0.15, 0.2) is 5.76 Å². The van der Waals surface area contributed by atoms with Crippen LogP contribution >= 0.6 is 11.3 Å². The van der Waals surface area contributed by atoms with Gasteiger partial charge in [0.2, 0.25) is 10.0 Å². The number of benzene rings is 1. The molecule has 0 saturated heterocycles. The minimum atomic E-state index is -3.65. The Kier molecular flexibility index (Phi) is 8.37. The topological polar surface area (TPSA) is 117 Å². The largest absolute Gasteiger partial charge is 0.357 e. The van der Waals surface area contributed by atoms with Gasteiger partial charge in [-0.05, 0) is 26.1 Å². The Balaban J connectivity index is 1.78. The van der Waals surface area contributed by atoms with Gasteiger partial charge in [0, 0.05) is 5.56 Å². The molecule has 0 aliphatic rings. The zero-order valence-corrected chi connectivity index (χ0v) is 19.7. The maximum Gasteiger partial charge on any atom is 0.263 e. The van der Waals surface area contributed by atoms with E-state index in [1.165, 1.54) is 17.5 Å². The SMILES string of the molecule is CCN(CC)CCCS(=O)(=O)Nc1c(-c2ccccc2)noc1CNC(=O)c1cncs1. The van der Waals surface area contributed by atoms with Crippen molar-refractivity contribution in [2.24, 2.45) is 0 Å². The van der Waals surface area contributed by atoms with Gasteiger partial charge in [-0.1, -0.05) is 49.3 Å². The van der Waals surface area contributed by atoms with Crippen LogP contribution in [0.4, 0.5) is 5.69 Å². The summed E-state index contributed by atoms with van der Waals surface area (Å²) >= 11 is 1.21. The highest BCUT2D eigenvalue weighted by Gasteiger charge is 2.23. The highest BCUT2D eigenvalue weighted by Crippen LogP contribution is 2.31. The smallest absolute Gasteiger partial charge is 0.263 e. The Hall–Kier alpha value is -2.76. The van der Waals surface area contributed by atoms with Gasteiger partial charge in [0.05, 0.1) is 24.0 Å². The molecule has 2 aromatic heterocycles. The highest BCUT2D eigenvalue weighted by atomic mass is 32.2. The molecule has 1 amide bonds. The van der Waals surface area contributed by atoms with Gasteiger partial charge >= 0.3 is 0 Å². The highest BCUT2D eigenvalue weighted by molar-refractivity contribution is 7.92. The maximum absolute atomic E-state index is 12.8. The van der Waals surface area contributed by atoms with E-state index in [2.05, 4.69) is 25.1 Å². The second kappa shape index (κ2) is 11.2. The van der Waals surface area contributed by atoms with Gasteiger partial charge in [-0.15, -0.1) is 11.3 Å². The van der Waals surface area contributed by atoms with Crippen LogP contribution in [0.2, 0.25) is 0 Å². The molecular formula is C21H27N5O4S2. The Bertz CT molecular complexity index is 1090. The molecule has 32 heavy (non-hydrogen) atoms. The van der Waals surface area contributed by atoms with Crippen molar-refractivity contribution in [2.45, 2.75) is 26.8 Å². The number of hydrogen-bond acceptors (Lipinski definition) is 8. The van der Waals surface area contributed by atoms with Crippen LogP contribution in [0.1, 0.15) is 35.7 Å². The van der Waals surface area contributed by atoms with Gasteiger partial charge in [-0.25, -0.2) is 8.42 Å². The quantitative estimate of drug-likeness (QED) is 0.411. The predicted octanol–water partition coefficient (Wildman–Crippen LogP) is 3.20. The summed E-state index contributed by atoms with van der Waals surface area (Å²) in [4.78, 5) is 18.8. The van der Waals surface area contributed by atoms with Crippen LogP contribution in [-0.4, -0.2) is 54.8 Å². The third-order valence-electron chi connectivity index (χ3n) is 4.92. The van der Waals surface area contributed by atoms with E-state index in [1.54, 1.807) is 5.51 Å². The minimum absolute atomic E-state index is 0.0200. The van der Waals surface area contributed by atoms with Gasteiger partial charge in [0.25, 0.3) is 5.91 Å². The van der Waals surface area contributed by atoms with Gasteiger partial charge in [-0.3, -0.25) is 14.5 Å². The third-order valence-corrected chi connectivity index (χ3v) is 7.03. The van der Waals surface area contributed by atoms with E-state index in [0.29, 0.717) is 29.1 Å². The summed E-state index contributed by atoms with van der Waals surface area (Å²) in [6.07, 6.45) is 1.97. The van der Waals surface area contributed by atoms with E-state index in [-0.39, 0.29) is 29.7 Å². The first-order valence-electron chi connectivity index (χ1n) is 10.4. The van der Waals surface area contributed by atoms with Crippen molar-refractivity contribution in [3.05, 3.63) is 52.7 Å². The molecule has 0 aliphatic carbocycles. The van der Waals surface area contributed by atoms with Crippen LogP contribution in [0.3, 0.4) is 0 Å². The number of nitrogens with one attached hydrogen (secondary N) is 2. The maximum atomic E-state index is 12.8. The molecule has 0 saturated carbocycles. The molecule has 1 aromatic carbocycles. The number of nitrogens with zero attached hydrogens (tertiary/aromatic N) is 3. The standard InChI is InChI=1S/C21H27N5O4S2/c1-3-26(4-2)11-8-12-32(28,29)25-20-17(13-23-21(27)18-14-22-15-31-18)30-24-19(20)16-9-6-5-7-10-16/h5-7,9-10,14-15,25H,3-4,8,11-13H2,1-2H3,(H,23,27). The van der Waals surface area contributed by atoms with E-state index in [0.717, 1.165) is 13.1 Å². The lowest BCUT2D eigenvalue weighted by Gasteiger charge is -2.17. The van der Waals surface area contributed by atoms with Crippen LogP contribution in [0, 0.1) is 0 Å². The number of amides is 1. The number of hydrogen-bond donors (Lipinski definition) is 2. The first kappa shape index (κ1) is 23.9. The van der Waals surface area contributed by atoms with E-state index in [9.17, 15) is 13.2 Å². The number of sulfonamides is 1. The molecule has 0 fully saturated rings. The molecular weight excluding hydrogens is 450 g/mol. The third kappa shape index (κ3) is 6.38. The summed E-state index contributed by atoms with van der Waals surface area (Å²) < 4.78 is 33.7. The fourth-order valence-electron chi connectivity index (χ4n) is 3.14. The second-order valence-corrected chi connectivity index (χ2v) is 9.77. The van der Waals surface area contributed by atoms with Gasteiger partial charge in [-0.2, -0.15) is 0 Å². The predicted molar refractivity (Wildman–Crippen MR) is 125 cm³/mol. The van der Waals surface area contributed by atoms with Crippen LogP contribution in [-0.2, 0) is 16.6 Å². The molecule has 0 spiro atoms. The first-order valence-corrected chi connectivity index (χ1v) is 12.9. The molecule has 11 heteroatoms. The van der Waals surface area contributed by atoms with Gasteiger partial charge < -0.3 is 14.7 Å². The first-order chi connectivity index (χ1) is 15.4. The van der Waals surface area contributed by atoms with E-state index in [1.807, 2.05) is 44.2 Å². The average molecular weight is 478 g/mol. The normalized spacial score (nSPS) is 11.6. The van der Waals surface area contributed by atoms with E-state index >= 15 is 0 Å². The summed E-state index contributed by atoms with van der Waals surface area (Å²) in [5.74, 6) is -0.123. The molecule has 3 rings (SSSR count). The molecule has 0 radical (unpaired) electrons. The summed E-state index contributed by atoms with van der Waals surface area (Å²) in [5, 5.41) is 6.80. The molecule has 0 bridgehead atoms. The Labute approximate surface area is 191 Å². The molecule has 2 N–H and O–H groups in total. The number of anilines is 1. The zero-order chi connectivity index (χ0) is 23.0. The second-order valence-electron chi connectivity index (χ2n) is 7.05. The summed E-state index contributed by atoms with van der Waals surface area (Å²) in [7, 11) is -3.65. The van der Waals surface area contributed by atoms with Gasteiger partial charge in [0.1, 0.15) is 16.3 Å². The summed E-state index contributed by atoms with van der Waals surface area (Å²) in [6, 6.07) is 9.15. The van der Waals surface area contributed by atoms with Crippen molar-refractivity contribution in [2.75, 3.05) is 30.1 Å². The Morgan fingerprint density at radius 2 is 1.94 bits per heavy atom. The fraction of sp³-hybridized carbons (Fsp3) is 0.381. The average Bonchev–Trinajstić information content (AvgIpc) is 3.46. The number of thiazole rings is 1. The molecule has 9 nitrogen and oxygen atoms in total. The molecule has 3 aromatic rings. The monoisotopic (exact) mass is 477 g/mol. The fourth-order valence-corrected chi connectivity index (χ4v) is 4.81. The van der Waals surface area contributed by atoms with Crippen molar-refractivity contribution in [3.63, 3.8) is 0 Å². The van der Waals surface area contributed by atoms with Crippen molar-refractivity contribution in [3.8, 4) is 11.3 Å². The van der Waals surface area contributed by atoms with Crippen LogP contribution in [0.25, 0.3) is 11.3 Å². The molecule has 0 atom stereocenters. The van der Waals surface area contributed by atoms with Crippen molar-refractivity contribution in [1.82, 2.24) is 20.4 Å². The van der Waals surface area contributed by atoms with Crippen molar-refractivity contribution in [1.29, 1.82) is 0 Å². The molecule has 0 unspecified atom stereocenters. The Morgan fingerprint density at radius 1 is 1.19 bits per heavy atom. The number of rotatable bonds is 12. The van der Waals surface area contributed by atoms with E-state index in [4.69, 9.17) is 4.52 Å². The molecule has 0 aliphatic heterocycles. The number of aromatic nitrogens is 2. The van der Waals surface area contributed by atoms with Crippen LogP contribution in [0.5, 0.6) is 0 Å². The van der Waals surface area contributed by atoms with Crippen molar-refractivity contribution < 1.29 is 17.7 Å². The van der Waals surface area contributed by atoms with Crippen LogP contribution in [0.15, 0.2) is 46.6 Å².